The SMILES string of the molecule is CCCC(=O)N1C2CCC1CC(CN)C2. The number of hydrogen-bond acceptors (Lipinski definition) is 2. The van der Waals surface area contributed by atoms with Crippen LogP contribution in [0.4, 0.5) is 0 Å². The minimum atomic E-state index is 0.375. The van der Waals surface area contributed by atoms with E-state index in [9.17, 15) is 4.79 Å². The van der Waals surface area contributed by atoms with Gasteiger partial charge >= 0.3 is 0 Å². The van der Waals surface area contributed by atoms with E-state index in [2.05, 4.69) is 11.8 Å². The second kappa shape index (κ2) is 4.52. The van der Waals surface area contributed by atoms with Crippen LogP contribution in [0.1, 0.15) is 45.4 Å². The largest absolute Gasteiger partial charge is 0.337 e. The Labute approximate surface area is 92.0 Å². The lowest BCUT2D eigenvalue weighted by molar-refractivity contribution is -0.136. The Balaban J connectivity index is 2.01. The lowest BCUT2D eigenvalue weighted by atomic mass is 9.90. The van der Waals surface area contributed by atoms with Crippen molar-refractivity contribution in [2.75, 3.05) is 6.54 Å². The van der Waals surface area contributed by atoms with Crippen molar-refractivity contribution in [3.63, 3.8) is 0 Å². The first-order valence-electron chi connectivity index (χ1n) is 6.27. The molecule has 3 heteroatoms. The molecule has 2 unspecified atom stereocenters. The van der Waals surface area contributed by atoms with Gasteiger partial charge in [-0.1, -0.05) is 6.92 Å². The van der Waals surface area contributed by atoms with Crippen LogP contribution in [0.5, 0.6) is 0 Å². The predicted molar refractivity (Wildman–Crippen MR) is 60.3 cm³/mol. The molecule has 2 bridgehead atoms. The van der Waals surface area contributed by atoms with Crippen molar-refractivity contribution in [1.82, 2.24) is 4.90 Å². The summed E-state index contributed by atoms with van der Waals surface area (Å²) in [6.07, 6.45) is 6.38. The number of carbonyl (C=O) groups is 1. The zero-order valence-corrected chi connectivity index (χ0v) is 9.61. The van der Waals surface area contributed by atoms with Crippen LogP contribution in [0.3, 0.4) is 0 Å². The number of amides is 1. The molecule has 0 saturated carbocycles. The molecule has 0 aromatic rings. The van der Waals surface area contributed by atoms with Gasteiger partial charge in [-0.25, -0.2) is 0 Å². The van der Waals surface area contributed by atoms with Gasteiger partial charge in [-0.3, -0.25) is 4.79 Å². The summed E-state index contributed by atoms with van der Waals surface area (Å²) in [5.41, 5.74) is 5.73. The summed E-state index contributed by atoms with van der Waals surface area (Å²) in [5.74, 6) is 1.04. The summed E-state index contributed by atoms with van der Waals surface area (Å²) in [5, 5.41) is 0. The number of rotatable bonds is 3. The normalized spacial score (nSPS) is 34.5. The number of nitrogens with zero attached hydrogens (tertiary/aromatic N) is 1. The summed E-state index contributed by atoms with van der Waals surface area (Å²) in [7, 11) is 0. The van der Waals surface area contributed by atoms with Gasteiger partial charge < -0.3 is 10.6 Å². The fourth-order valence-electron chi connectivity index (χ4n) is 3.23. The van der Waals surface area contributed by atoms with Crippen LogP contribution in [0, 0.1) is 5.92 Å². The van der Waals surface area contributed by atoms with Crippen LogP contribution in [0.2, 0.25) is 0 Å². The Morgan fingerprint density at radius 1 is 1.33 bits per heavy atom. The van der Waals surface area contributed by atoms with E-state index in [1.54, 1.807) is 0 Å². The van der Waals surface area contributed by atoms with Gasteiger partial charge in [-0.15, -0.1) is 0 Å². The Hall–Kier alpha value is -0.570. The molecular formula is C12H22N2O. The molecule has 0 radical (unpaired) electrons. The number of hydrogen-bond donors (Lipinski definition) is 1. The van der Waals surface area contributed by atoms with Gasteiger partial charge in [0.05, 0.1) is 0 Å². The third-order valence-electron chi connectivity index (χ3n) is 3.92. The quantitative estimate of drug-likeness (QED) is 0.767. The third kappa shape index (κ3) is 2.03. The highest BCUT2D eigenvalue weighted by atomic mass is 16.2. The van der Waals surface area contributed by atoms with Crippen LogP contribution < -0.4 is 5.73 Å². The van der Waals surface area contributed by atoms with Crippen molar-refractivity contribution in [3.05, 3.63) is 0 Å². The van der Waals surface area contributed by atoms with Gasteiger partial charge in [0, 0.05) is 18.5 Å². The Kier molecular flexibility index (Phi) is 3.29. The molecule has 2 fully saturated rings. The first kappa shape index (κ1) is 10.9. The molecule has 2 rings (SSSR count). The molecule has 0 aromatic heterocycles. The highest BCUT2D eigenvalue weighted by molar-refractivity contribution is 5.77. The standard InChI is InChI=1S/C12H22N2O/c1-2-3-12(15)14-10-4-5-11(14)7-9(6-10)8-13/h9-11H,2-8,13H2,1H3. The molecule has 0 aliphatic carbocycles. The van der Waals surface area contributed by atoms with Crippen LogP contribution >= 0.6 is 0 Å². The minimum absolute atomic E-state index is 0.375. The van der Waals surface area contributed by atoms with E-state index in [0.29, 0.717) is 23.9 Å². The van der Waals surface area contributed by atoms with Crippen molar-refractivity contribution in [1.29, 1.82) is 0 Å². The maximum Gasteiger partial charge on any atom is 0.223 e. The Morgan fingerprint density at radius 2 is 1.93 bits per heavy atom. The zero-order valence-electron chi connectivity index (χ0n) is 9.61. The molecule has 86 valence electrons. The fourth-order valence-corrected chi connectivity index (χ4v) is 3.23. The summed E-state index contributed by atoms with van der Waals surface area (Å²) in [6, 6.07) is 1.02. The molecule has 2 aliphatic heterocycles. The summed E-state index contributed by atoms with van der Waals surface area (Å²) >= 11 is 0. The number of carbonyl (C=O) groups excluding carboxylic acids is 1. The number of fused-ring (bicyclic) bond motifs is 2. The molecule has 2 atom stereocenters. The predicted octanol–water partition coefficient (Wildman–Crippen LogP) is 1.51. The Bertz CT molecular complexity index is 228. The van der Waals surface area contributed by atoms with Gasteiger partial charge in [0.25, 0.3) is 0 Å². The maximum atomic E-state index is 11.9. The lowest BCUT2D eigenvalue weighted by Crippen LogP contribution is -2.47. The molecule has 15 heavy (non-hydrogen) atoms. The van der Waals surface area contributed by atoms with Crippen molar-refractivity contribution in [2.45, 2.75) is 57.5 Å². The van der Waals surface area contributed by atoms with Gasteiger partial charge in [-0.05, 0) is 44.6 Å². The average molecular weight is 210 g/mol. The zero-order chi connectivity index (χ0) is 10.8. The smallest absolute Gasteiger partial charge is 0.223 e. The van der Waals surface area contributed by atoms with Crippen molar-refractivity contribution in [3.8, 4) is 0 Å². The average Bonchev–Trinajstić information content (AvgIpc) is 2.50. The molecule has 2 aliphatic rings. The fraction of sp³-hybridized carbons (Fsp3) is 0.917. The Morgan fingerprint density at radius 3 is 2.40 bits per heavy atom. The molecule has 1 amide bonds. The maximum absolute atomic E-state index is 11.9. The van der Waals surface area contributed by atoms with Crippen LogP contribution in [-0.2, 0) is 4.79 Å². The highest BCUT2D eigenvalue weighted by Crippen LogP contribution is 2.38. The van der Waals surface area contributed by atoms with Crippen molar-refractivity contribution in [2.24, 2.45) is 11.7 Å². The van der Waals surface area contributed by atoms with E-state index in [0.717, 1.165) is 32.2 Å². The summed E-state index contributed by atoms with van der Waals surface area (Å²) in [4.78, 5) is 14.1. The third-order valence-corrected chi connectivity index (χ3v) is 3.92. The van der Waals surface area contributed by atoms with E-state index in [-0.39, 0.29) is 0 Å². The van der Waals surface area contributed by atoms with Crippen molar-refractivity contribution >= 4 is 5.91 Å². The summed E-state index contributed by atoms with van der Waals surface area (Å²) in [6.45, 7) is 2.87. The van der Waals surface area contributed by atoms with Crippen LogP contribution in [0.25, 0.3) is 0 Å². The minimum Gasteiger partial charge on any atom is -0.337 e. The molecule has 2 saturated heterocycles. The van der Waals surface area contributed by atoms with E-state index in [4.69, 9.17) is 5.73 Å². The molecule has 3 nitrogen and oxygen atoms in total. The molecular weight excluding hydrogens is 188 g/mol. The molecule has 0 spiro atoms. The van der Waals surface area contributed by atoms with Crippen LogP contribution in [-0.4, -0.2) is 29.4 Å². The number of piperidine rings is 1. The van der Waals surface area contributed by atoms with E-state index >= 15 is 0 Å². The van der Waals surface area contributed by atoms with Gasteiger partial charge in [0.15, 0.2) is 0 Å². The van der Waals surface area contributed by atoms with Gasteiger partial charge in [0.2, 0.25) is 5.91 Å². The second-order valence-electron chi connectivity index (χ2n) is 5.01. The highest BCUT2D eigenvalue weighted by Gasteiger charge is 2.42. The van der Waals surface area contributed by atoms with Crippen LogP contribution in [0.15, 0.2) is 0 Å². The molecule has 2 N–H and O–H groups in total. The monoisotopic (exact) mass is 210 g/mol. The summed E-state index contributed by atoms with van der Waals surface area (Å²) < 4.78 is 0. The van der Waals surface area contributed by atoms with Gasteiger partial charge in [0.1, 0.15) is 0 Å². The first-order valence-corrected chi connectivity index (χ1v) is 6.27. The first-order chi connectivity index (χ1) is 7.26. The van der Waals surface area contributed by atoms with E-state index in [1.807, 2.05) is 0 Å². The topological polar surface area (TPSA) is 46.3 Å². The number of nitrogens with two attached hydrogens (primary N) is 1. The molecule has 2 heterocycles. The van der Waals surface area contributed by atoms with E-state index < -0.39 is 0 Å². The second-order valence-corrected chi connectivity index (χ2v) is 5.01. The lowest BCUT2D eigenvalue weighted by Gasteiger charge is -2.38. The van der Waals surface area contributed by atoms with Gasteiger partial charge in [-0.2, -0.15) is 0 Å². The van der Waals surface area contributed by atoms with Crippen molar-refractivity contribution < 1.29 is 4.79 Å². The van der Waals surface area contributed by atoms with E-state index in [1.165, 1.54) is 12.8 Å². The molecule has 0 aromatic carbocycles.